The standard InChI is InChI=1S/C29H37F4N3O2/c1-5-6-8-24-25(20-9-13-22(30)14-10-20)35-36(23-15-11-21(12-16-23)29(31,32)33)28(24,4)26(38)34-18-7-17-27(2,3)19-37/h9-16,24,37H,5-8,17-19H2,1-4H3,(H,34,38). The van der Waals surface area contributed by atoms with Gasteiger partial charge in [0.05, 0.1) is 17.0 Å². The molecule has 2 unspecified atom stereocenters. The molecule has 208 valence electrons. The van der Waals surface area contributed by atoms with E-state index in [0.29, 0.717) is 42.8 Å². The predicted octanol–water partition coefficient (Wildman–Crippen LogP) is 6.55. The highest BCUT2D eigenvalue weighted by Gasteiger charge is 2.53. The van der Waals surface area contributed by atoms with Crippen molar-refractivity contribution in [2.45, 2.75) is 71.5 Å². The summed E-state index contributed by atoms with van der Waals surface area (Å²) in [5.41, 5.74) is -0.677. The van der Waals surface area contributed by atoms with Gasteiger partial charge in [-0.1, -0.05) is 45.7 Å². The molecule has 1 heterocycles. The van der Waals surface area contributed by atoms with Crippen molar-refractivity contribution >= 4 is 17.3 Å². The maximum atomic E-state index is 13.9. The number of unbranched alkanes of at least 4 members (excludes halogenated alkanes) is 1. The van der Waals surface area contributed by atoms with E-state index in [0.717, 1.165) is 25.0 Å². The Labute approximate surface area is 221 Å². The Morgan fingerprint density at radius 2 is 1.71 bits per heavy atom. The Bertz CT molecular complexity index is 1110. The van der Waals surface area contributed by atoms with Crippen molar-refractivity contribution in [2.75, 3.05) is 18.2 Å². The van der Waals surface area contributed by atoms with Gasteiger partial charge in [0.1, 0.15) is 11.4 Å². The first-order valence-electron chi connectivity index (χ1n) is 13.0. The van der Waals surface area contributed by atoms with Crippen molar-refractivity contribution < 1.29 is 27.5 Å². The molecule has 38 heavy (non-hydrogen) atoms. The maximum absolute atomic E-state index is 13.9. The van der Waals surface area contributed by atoms with Crippen LogP contribution in [0.1, 0.15) is 70.9 Å². The van der Waals surface area contributed by atoms with Crippen LogP contribution in [0.2, 0.25) is 0 Å². The maximum Gasteiger partial charge on any atom is 0.416 e. The van der Waals surface area contributed by atoms with Crippen molar-refractivity contribution in [3.05, 3.63) is 65.5 Å². The van der Waals surface area contributed by atoms with E-state index < -0.39 is 23.1 Å². The number of aliphatic hydroxyl groups is 1. The highest BCUT2D eigenvalue weighted by Crippen LogP contribution is 2.42. The second-order valence-electron chi connectivity index (χ2n) is 10.9. The van der Waals surface area contributed by atoms with E-state index >= 15 is 0 Å². The zero-order valence-corrected chi connectivity index (χ0v) is 22.4. The summed E-state index contributed by atoms with van der Waals surface area (Å²) >= 11 is 0. The lowest BCUT2D eigenvalue weighted by molar-refractivity contribution is -0.137. The smallest absolute Gasteiger partial charge is 0.396 e. The predicted molar refractivity (Wildman–Crippen MR) is 141 cm³/mol. The number of anilines is 1. The molecule has 0 fully saturated rings. The lowest BCUT2D eigenvalue weighted by Crippen LogP contribution is -2.58. The second-order valence-corrected chi connectivity index (χ2v) is 10.9. The molecule has 0 radical (unpaired) electrons. The van der Waals surface area contributed by atoms with E-state index in [1.165, 1.54) is 29.3 Å². The second kappa shape index (κ2) is 11.8. The minimum absolute atomic E-state index is 0.0360. The van der Waals surface area contributed by atoms with Gasteiger partial charge >= 0.3 is 6.18 Å². The monoisotopic (exact) mass is 535 g/mol. The number of aliphatic hydroxyl groups excluding tert-OH is 1. The Morgan fingerprint density at radius 1 is 1.08 bits per heavy atom. The van der Waals surface area contributed by atoms with Crippen LogP contribution in [-0.4, -0.2) is 35.4 Å². The first kappa shape index (κ1) is 29.6. The molecular weight excluding hydrogens is 498 g/mol. The zero-order chi connectivity index (χ0) is 28.1. The third-order valence-electron chi connectivity index (χ3n) is 7.29. The molecule has 0 bridgehead atoms. The summed E-state index contributed by atoms with van der Waals surface area (Å²) in [5, 5.41) is 18.8. The molecule has 1 amide bonds. The molecule has 9 heteroatoms. The van der Waals surface area contributed by atoms with E-state index in [1.54, 1.807) is 19.1 Å². The number of benzene rings is 2. The minimum atomic E-state index is -4.49. The van der Waals surface area contributed by atoms with Gasteiger partial charge < -0.3 is 10.4 Å². The molecule has 5 nitrogen and oxygen atoms in total. The molecule has 0 saturated heterocycles. The van der Waals surface area contributed by atoms with Crippen LogP contribution in [0.25, 0.3) is 0 Å². The Hall–Kier alpha value is -2.94. The molecule has 2 aromatic carbocycles. The molecule has 1 aliphatic heterocycles. The highest BCUT2D eigenvalue weighted by atomic mass is 19.4. The number of hydrogen-bond acceptors (Lipinski definition) is 4. The lowest BCUT2D eigenvalue weighted by atomic mass is 9.77. The van der Waals surface area contributed by atoms with Crippen LogP contribution in [0.15, 0.2) is 53.6 Å². The van der Waals surface area contributed by atoms with Crippen LogP contribution in [0.4, 0.5) is 23.2 Å². The van der Waals surface area contributed by atoms with E-state index in [2.05, 4.69) is 5.32 Å². The minimum Gasteiger partial charge on any atom is -0.396 e. The lowest BCUT2D eigenvalue weighted by Gasteiger charge is -2.38. The van der Waals surface area contributed by atoms with Crippen LogP contribution in [-0.2, 0) is 11.0 Å². The normalized spacial score (nSPS) is 20.0. The van der Waals surface area contributed by atoms with Crippen LogP contribution < -0.4 is 10.3 Å². The van der Waals surface area contributed by atoms with Gasteiger partial charge in [0, 0.05) is 19.1 Å². The van der Waals surface area contributed by atoms with Gasteiger partial charge in [-0.05, 0) is 73.6 Å². The Morgan fingerprint density at radius 3 is 2.26 bits per heavy atom. The number of amides is 1. The Kier molecular flexibility index (Phi) is 9.23. The molecular formula is C29H37F4N3O2. The number of alkyl halides is 3. The summed E-state index contributed by atoms with van der Waals surface area (Å²) in [5.74, 6) is -1.08. The van der Waals surface area contributed by atoms with Gasteiger partial charge in [-0.2, -0.15) is 18.3 Å². The van der Waals surface area contributed by atoms with E-state index in [1.807, 2.05) is 20.8 Å². The number of carbonyl (C=O) groups excluding carboxylic acids is 1. The van der Waals surface area contributed by atoms with E-state index in [9.17, 15) is 27.5 Å². The topological polar surface area (TPSA) is 64.9 Å². The molecule has 2 aromatic rings. The van der Waals surface area contributed by atoms with Gasteiger partial charge in [-0.3, -0.25) is 4.79 Å². The molecule has 0 saturated carbocycles. The number of rotatable bonds is 11. The average molecular weight is 536 g/mol. The summed E-state index contributed by atoms with van der Waals surface area (Å²) in [7, 11) is 0. The number of hydrogen-bond donors (Lipinski definition) is 2. The molecule has 0 aromatic heterocycles. The van der Waals surface area contributed by atoms with Crippen LogP contribution >= 0.6 is 0 Å². The van der Waals surface area contributed by atoms with E-state index in [-0.39, 0.29) is 23.8 Å². The van der Waals surface area contributed by atoms with Crippen molar-refractivity contribution in [1.29, 1.82) is 0 Å². The number of hydrazone groups is 1. The number of nitrogens with zero attached hydrogens (tertiary/aromatic N) is 2. The first-order valence-corrected chi connectivity index (χ1v) is 13.0. The summed E-state index contributed by atoms with van der Waals surface area (Å²) in [6.45, 7) is 8.11. The van der Waals surface area contributed by atoms with Crippen LogP contribution in [0.3, 0.4) is 0 Å². The van der Waals surface area contributed by atoms with Crippen molar-refractivity contribution in [3.63, 3.8) is 0 Å². The van der Waals surface area contributed by atoms with Gasteiger partial charge in [0.25, 0.3) is 0 Å². The molecule has 3 rings (SSSR count). The van der Waals surface area contributed by atoms with Crippen molar-refractivity contribution in [3.8, 4) is 0 Å². The van der Waals surface area contributed by atoms with Gasteiger partial charge in [0.15, 0.2) is 0 Å². The van der Waals surface area contributed by atoms with E-state index in [4.69, 9.17) is 5.10 Å². The van der Waals surface area contributed by atoms with Crippen molar-refractivity contribution in [1.82, 2.24) is 5.32 Å². The number of carbonyl (C=O) groups is 1. The van der Waals surface area contributed by atoms with Gasteiger partial charge in [-0.25, -0.2) is 9.40 Å². The van der Waals surface area contributed by atoms with Gasteiger partial charge in [-0.15, -0.1) is 0 Å². The van der Waals surface area contributed by atoms with Crippen LogP contribution in [0.5, 0.6) is 0 Å². The fourth-order valence-electron chi connectivity index (χ4n) is 4.80. The third-order valence-corrected chi connectivity index (χ3v) is 7.29. The molecule has 2 atom stereocenters. The average Bonchev–Trinajstić information content (AvgIpc) is 3.18. The quantitative estimate of drug-likeness (QED) is 0.253. The van der Waals surface area contributed by atoms with Gasteiger partial charge in [0.2, 0.25) is 5.91 Å². The molecule has 0 spiro atoms. The summed E-state index contributed by atoms with van der Waals surface area (Å²) in [4.78, 5) is 13.9. The number of nitrogens with one attached hydrogen (secondary N) is 1. The molecule has 0 aliphatic carbocycles. The number of halogens is 4. The fourth-order valence-corrected chi connectivity index (χ4v) is 4.80. The highest BCUT2D eigenvalue weighted by molar-refractivity contribution is 6.10. The van der Waals surface area contributed by atoms with Crippen molar-refractivity contribution in [2.24, 2.45) is 16.4 Å². The van der Waals surface area contributed by atoms with Crippen LogP contribution in [0, 0.1) is 17.2 Å². The molecule has 2 N–H and O–H groups in total. The zero-order valence-electron chi connectivity index (χ0n) is 22.4. The first-order chi connectivity index (χ1) is 17.8. The third kappa shape index (κ3) is 6.54. The fraction of sp³-hybridized carbons (Fsp3) is 0.517. The Balaban J connectivity index is 2.01. The largest absolute Gasteiger partial charge is 0.416 e. The summed E-state index contributed by atoms with van der Waals surface area (Å²) in [6.07, 6.45) is -0.828. The molecule has 1 aliphatic rings. The summed E-state index contributed by atoms with van der Waals surface area (Å²) in [6, 6.07) is 10.5. The SMILES string of the molecule is CCCCC1C(c2ccc(F)cc2)=NN(c2ccc(C(F)(F)F)cc2)C1(C)C(=O)NCCCC(C)(C)CO. The summed E-state index contributed by atoms with van der Waals surface area (Å²) < 4.78 is 53.4.